The largest absolute Gasteiger partial charge is 0.399 e. The number of hydrogen-bond donors (Lipinski definition) is 1. The van der Waals surface area contributed by atoms with Crippen molar-refractivity contribution in [2.45, 2.75) is 26.6 Å². The van der Waals surface area contributed by atoms with Gasteiger partial charge in [0.15, 0.2) is 0 Å². The average molecular weight is 210 g/mol. The highest BCUT2D eigenvalue weighted by Gasteiger charge is 2.03. The van der Waals surface area contributed by atoms with Crippen LogP contribution in [0.1, 0.15) is 19.5 Å². The Kier molecular flexibility index (Phi) is 5.07. The Morgan fingerprint density at radius 2 is 2.33 bits per heavy atom. The highest BCUT2D eigenvalue weighted by atomic mass is 16.5. The van der Waals surface area contributed by atoms with Gasteiger partial charge in [-0.15, -0.1) is 0 Å². The summed E-state index contributed by atoms with van der Waals surface area (Å²) in [6.07, 6.45) is 1.76. The van der Waals surface area contributed by atoms with Gasteiger partial charge in [-0.3, -0.25) is 4.98 Å². The van der Waals surface area contributed by atoms with Crippen molar-refractivity contribution in [1.29, 1.82) is 0 Å². The number of anilines is 1. The van der Waals surface area contributed by atoms with E-state index in [1.807, 2.05) is 19.9 Å². The maximum Gasteiger partial charge on any atom is 0.0893 e. The second kappa shape index (κ2) is 6.37. The molecule has 0 aromatic carbocycles. The fourth-order valence-electron chi connectivity index (χ4n) is 1.14. The van der Waals surface area contributed by atoms with Crippen molar-refractivity contribution in [2.75, 3.05) is 18.9 Å². The number of nitrogens with two attached hydrogens (primary N) is 1. The van der Waals surface area contributed by atoms with Crippen LogP contribution >= 0.6 is 0 Å². The second-order valence-electron chi connectivity index (χ2n) is 3.36. The van der Waals surface area contributed by atoms with E-state index in [1.165, 1.54) is 0 Å². The van der Waals surface area contributed by atoms with E-state index in [1.54, 1.807) is 12.3 Å². The van der Waals surface area contributed by atoms with Gasteiger partial charge < -0.3 is 15.2 Å². The maximum absolute atomic E-state index is 5.62. The minimum atomic E-state index is 0.0770. The zero-order valence-electron chi connectivity index (χ0n) is 9.27. The Balaban J connectivity index is 2.30. The lowest BCUT2D eigenvalue weighted by Crippen LogP contribution is -2.16. The smallest absolute Gasteiger partial charge is 0.0893 e. The van der Waals surface area contributed by atoms with E-state index in [0.29, 0.717) is 25.5 Å². The SMILES string of the molecule is CCOCC(C)OCc1cc(N)ccn1. The number of rotatable bonds is 6. The van der Waals surface area contributed by atoms with E-state index < -0.39 is 0 Å². The van der Waals surface area contributed by atoms with Gasteiger partial charge in [-0.2, -0.15) is 0 Å². The van der Waals surface area contributed by atoms with Gasteiger partial charge in [-0.25, -0.2) is 0 Å². The summed E-state index contributed by atoms with van der Waals surface area (Å²) in [5.41, 5.74) is 7.18. The molecule has 1 rings (SSSR count). The maximum atomic E-state index is 5.62. The highest BCUT2D eigenvalue weighted by Crippen LogP contribution is 2.05. The van der Waals surface area contributed by atoms with Crippen LogP contribution < -0.4 is 5.73 Å². The van der Waals surface area contributed by atoms with Crippen LogP contribution in [0.4, 0.5) is 5.69 Å². The molecule has 84 valence electrons. The van der Waals surface area contributed by atoms with Crippen LogP contribution in [0.3, 0.4) is 0 Å². The standard InChI is InChI=1S/C11H18N2O2/c1-3-14-7-9(2)15-8-11-6-10(12)4-5-13-11/h4-6,9H,3,7-8H2,1-2H3,(H2,12,13). The summed E-state index contributed by atoms with van der Waals surface area (Å²) < 4.78 is 10.8. The van der Waals surface area contributed by atoms with E-state index in [-0.39, 0.29) is 6.10 Å². The third kappa shape index (κ3) is 4.76. The summed E-state index contributed by atoms with van der Waals surface area (Å²) in [6.45, 7) is 5.73. The molecule has 4 nitrogen and oxygen atoms in total. The predicted octanol–water partition coefficient (Wildman–Crippen LogP) is 1.61. The Morgan fingerprint density at radius 3 is 3.00 bits per heavy atom. The van der Waals surface area contributed by atoms with Crippen molar-refractivity contribution < 1.29 is 9.47 Å². The molecule has 0 radical (unpaired) electrons. The van der Waals surface area contributed by atoms with Crippen LogP contribution in [0.15, 0.2) is 18.3 Å². The molecule has 0 amide bonds. The number of nitrogens with zero attached hydrogens (tertiary/aromatic N) is 1. The average Bonchev–Trinajstić information content (AvgIpc) is 2.23. The normalized spacial score (nSPS) is 12.7. The predicted molar refractivity (Wildman–Crippen MR) is 59.4 cm³/mol. The summed E-state index contributed by atoms with van der Waals surface area (Å²) in [7, 11) is 0. The van der Waals surface area contributed by atoms with Gasteiger partial charge >= 0.3 is 0 Å². The Bertz CT molecular complexity index is 292. The Labute approximate surface area is 90.4 Å². The van der Waals surface area contributed by atoms with Crippen molar-refractivity contribution in [3.05, 3.63) is 24.0 Å². The molecular weight excluding hydrogens is 192 g/mol. The first-order chi connectivity index (χ1) is 7.22. The van der Waals surface area contributed by atoms with Gasteiger partial charge in [0.1, 0.15) is 0 Å². The molecule has 0 aliphatic carbocycles. The molecule has 0 bridgehead atoms. The second-order valence-corrected chi connectivity index (χ2v) is 3.36. The van der Waals surface area contributed by atoms with Gasteiger partial charge in [-0.1, -0.05) is 0 Å². The molecule has 2 N–H and O–H groups in total. The minimum absolute atomic E-state index is 0.0770. The number of nitrogen functional groups attached to an aromatic ring is 1. The van der Waals surface area contributed by atoms with Crippen molar-refractivity contribution in [2.24, 2.45) is 0 Å². The monoisotopic (exact) mass is 210 g/mol. The van der Waals surface area contributed by atoms with Gasteiger partial charge in [0.05, 0.1) is 25.0 Å². The number of hydrogen-bond acceptors (Lipinski definition) is 4. The summed E-state index contributed by atoms with van der Waals surface area (Å²) >= 11 is 0. The first-order valence-electron chi connectivity index (χ1n) is 5.12. The molecule has 1 aromatic rings. The summed E-state index contributed by atoms with van der Waals surface area (Å²) in [5, 5.41) is 0. The van der Waals surface area contributed by atoms with E-state index in [2.05, 4.69) is 4.98 Å². The third-order valence-corrected chi connectivity index (χ3v) is 1.91. The van der Waals surface area contributed by atoms with Gasteiger partial charge in [0, 0.05) is 18.5 Å². The van der Waals surface area contributed by atoms with E-state index >= 15 is 0 Å². The van der Waals surface area contributed by atoms with Crippen LogP contribution in [0.5, 0.6) is 0 Å². The number of pyridine rings is 1. The zero-order valence-corrected chi connectivity index (χ0v) is 9.27. The summed E-state index contributed by atoms with van der Waals surface area (Å²) in [6, 6.07) is 3.57. The van der Waals surface area contributed by atoms with Crippen LogP contribution in [-0.4, -0.2) is 24.3 Å². The first kappa shape index (κ1) is 11.9. The van der Waals surface area contributed by atoms with Crippen LogP contribution in [0, 0.1) is 0 Å². The molecule has 0 saturated heterocycles. The lowest BCUT2D eigenvalue weighted by molar-refractivity contribution is -0.0127. The van der Waals surface area contributed by atoms with E-state index in [4.69, 9.17) is 15.2 Å². The van der Waals surface area contributed by atoms with Crippen molar-refractivity contribution in [1.82, 2.24) is 4.98 Å². The highest BCUT2D eigenvalue weighted by molar-refractivity contribution is 5.36. The van der Waals surface area contributed by atoms with Crippen LogP contribution in [-0.2, 0) is 16.1 Å². The molecule has 1 atom stereocenters. The first-order valence-corrected chi connectivity index (χ1v) is 5.12. The van der Waals surface area contributed by atoms with Gasteiger partial charge in [0.2, 0.25) is 0 Å². The fraction of sp³-hybridized carbons (Fsp3) is 0.545. The number of ether oxygens (including phenoxy) is 2. The van der Waals surface area contributed by atoms with Crippen LogP contribution in [0.2, 0.25) is 0 Å². The third-order valence-electron chi connectivity index (χ3n) is 1.91. The summed E-state index contributed by atoms with van der Waals surface area (Å²) in [4.78, 5) is 4.15. The van der Waals surface area contributed by atoms with Crippen molar-refractivity contribution >= 4 is 5.69 Å². The van der Waals surface area contributed by atoms with Crippen molar-refractivity contribution in [3.8, 4) is 0 Å². The molecule has 0 saturated carbocycles. The molecule has 1 heterocycles. The molecule has 0 aliphatic heterocycles. The lowest BCUT2D eigenvalue weighted by Gasteiger charge is -2.12. The van der Waals surface area contributed by atoms with E-state index in [0.717, 1.165) is 5.69 Å². The molecule has 0 aliphatic rings. The quantitative estimate of drug-likeness (QED) is 0.775. The molecule has 15 heavy (non-hydrogen) atoms. The van der Waals surface area contributed by atoms with E-state index in [9.17, 15) is 0 Å². The zero-order chi connectivity index (χ0) is 11.1. The Morgan fingerprint density at radius 1 is 1.53 bits per heavy atom. The molecular formula is C11H18N2O2. The van der Waals surface area contributed by atoms with Crippen molar-refractivity contribution in [3.63, 3.8) is 0 Å². The lowest BCUT2D eigenvalue weighted by atomic mass is 10.3. The van der Waals surface area contributed by atoms with Gasteiger partial charge in [-0.05, 0) is 26.0 Å². The number of aromatic nitrogens is 1. The Hall–Kier alpha value is -1.13. The molecule has 0 fully saturated rings. The van der Waals surface area contributed by atoms with Gasteiger partial charge in [0.25, 0.3) is 0 Å². The fourth-order valence-corrected chi connectivity index (χ4v) is 1.14. The topological polar surface area (TPSA) is 57.4 Å². The molecule has 1 unspecified atom stereocenters. The minimum Gasteiger partial charge on any atom is -0.399 e. The molecule has 0 spiro atoms. The molecule has 4 heteroatoms. The summed E-state index contributed by atoms with van der Waals surface area (Å²) in [5.74, 6) is 0. The van der Waals surface area contributed by atoms with Crippen LogP contribution in [0.25, 0.3) is 0 Å². The molecule has 1 aromatic heterocycles.